The first-order chi connectivity index (χ1) is 7.59. The van der Waals surface area contributed by atoms with Crippen molar-refractivity contribution in [2.45, 2.75) is 32.9 Å². The molecule has 5 heteroatoms. The zero-order valence-corrected chi connectivity index (χ0v) is 9.86. The van der Waals surface area contributed by atoms with Gasteiger partial charge in [-0.2, -0.15) is 0 Å². The molecule has 1 fully saturated rings. The number of nitrogens with zero attached hydrogens (tertiary/aromatic N) is 2. The molecule has 0 spiro atoms. The lowest BCUT2D eigenvalue weighted by atomic mass is 10.1. The molecule has 0 aliphatic carbocycles. The molecule has 1 saturated heterocycles. The van der Waals surface area contributed by atoms with E-state index in [1.54, 1.807) is 6.92 Å². The highest BCUT2D eigenvalue weighted by molar-refractivity contribution is 5.95. The van der Waals surface area contributed by atoms with Gasteiger partial charge in [0, 0.05) is 25.2 Å². The molecular formula is C11H17N3O2. The SMILES string of the molecule is Cc1oncc1C(=O)N1CC(C)NCC1C. The number of hydrogen-bond acceptors (Lipinski definition) is 4. The number of hydrogen-bond donors (Lipinski definition) is 1. The van der Waals surface area contributed by atoms with Crippen LogP contribution in [0.1, 0.15) is 30.0 Å². The highest BCUT2D eigenvalue weighted by Crippen LogP contribution is 2.14. The van der Waals surface area contributed by atoms with Gasteiger partial charge in [-0.05, 0) is 20.8 Å². The Bertz CT molecular complexity index is 388. The van der Waals surface area contributed by atoms with Crippen molar-refractivity contribution in [3.8, 4) is 0 Å². The number of rotatable bonds is 1. The summed E-state index contributed by atoms with van der Waals surface area (Å²) in [5.41, 5.74) is 0.570. The number of aryl methyl sites for hydroxylation is 1. The normalized spacial score (nSPS) is 25.8. The van der Waals surface area contributed by atoms with Gasteiger partial charge in [0.1, 0.15) is 11.3 Å². The molecule has 88 valence electrons. The highest BCUT2D eigenvalue weighted by Gasteiger charge is 2.29. The van der Waals surface area contributed by atoms with Gasteiger partial charge < -0.3 is 14.7 Å². The summed E-state index contributed by atoms with van der Waals surface area (Å²) in [6.45, 7) is 7.44. The third kappa shape index (κ3) is 1.95. The molecule has 2 heterocycles. The number of aromatic nitrogens is 1. The van der Waals surface area contributed by atoms with E-state index in [9.17, 15) is 4.79 Å². The Hall–Kier alpha value is -1.36. The quantitative estimate of drug-likeness (QED) is 0.765. The number of carbonyl (C=O) groups is 1. The zero-order valence-electron chi connectivity index (χ0n) is 9.86. The molecule has 0 radical (unpaired) electrons. The summed E-state index contributed by atoms with van der Waals surface area (Å²) in [6.07, 6.45) is 1.50. The summed E-state index contributed by atoms with van der Waals surface area (Å²) >= 11 is 0. The molecular weight excluding hydrogens is 206 g/mol. The van der Waals surface area contributed by atoms with E-state index in [2.05, 4.69) is 17.4 Å². The molecule has 1 aliphatic heterocycles. The maximum Gasteiger partial charge on any atom is 0.259 e. The molecule has 0 aromatic carbocycles. The first-order valence-electron chi connectivity index (χ1n) is 5.55. The standard InChI is InChI=1S/C11H17N3O2/c1-7-6-14(8(2)4-12-7)11(15)10-5-13-16-9(10)3/h5,7-8,12H,4,6H2,1-3H3. The van der Waals surface area contributed by atoms with Gasteiger partial charge in [-0.1, -0.05) is 5.16 Å². The van der Waals surface area contributed by atoms with Gasteiger partial charge in [-0.25, -0.2) is 0 Å². The van der Waals surface area contributed by atoms with E-state index >= 15 is 0 Å². The highest BCUT2D eigenvalue weighted by atomic mass is 16.5. The van der Waals surface area contributed by atoms with E-state index in [1.165, 1.54) is 6.20 Å². The monoisotopic (exact) mass is 223 g/mol. The van der Waals surface area contributed by atoms with Crippen molar-refractivity contribution < 1.29 is 9.32 Å². The largest absolute Gasteiger partial charge is 0.361 e. The molecule has 5 nitrogen and oxygen atoms in total. The summed E-state index contributed by atoms with van der Waals surface area (Å²) in [5, 5.41) is 6.99. The third-order valence-electron chi connectivity index (χ3n) is 3.01. The lowest BCUT2D eigenvalue weighted by Gasteiger charge is -2.37. The summed E-state index contributed by atoms with van der Waals surface area (Å²) in [7, 11) is 0. The fourth-order valence-electron chi connectivity index (χ4n) is 1.96. The van der Waals surface area contributed by atoms with Crippen LogP contribution in [0.5, 0.6) is 0 Å². The van der Waals surface area contributed by atoms with Gasteiger partial charge in [0.05, 0.1) is 6.20 Å². The molecule has 0 bridgehead atoms. The van der Waals surface area contributed by atoms with E-state index < -0.39 is 0 Å². The van der Waals surface area contributed by atoms with Crippen LogP contribution in [-0.4, -0.2) is 41.1 Å². The molecule has 1 N–H and O–H groups in total. The smallest absolute Gasteiger partial charge is 0.259 e. The summed E-state index contributed by atoms with van der Waals surface area (Å²) in [4.78, 5) is 14.1. The van der Waals surface area contributed by atoms with Crippen LogP contribution in [0.25, 0.3) is 0 Å². The molecule has 0 saturated carbocycles. The Morgan fingerprint density at radius 3 is 3.00 bits per heavy atom. The fraction of sp³-hybridized carbons (Fsp3) is 0.636. The van der Waals surface area contributed by atoms with Gasteiger partial charge in [0.2, 0.25) is 0 Å². The van der Waals surface area contributed by atoms with Crippen LogP contribution < -0.4 is 5.32 Å². The molecule has 1 aromatic rings. The number of amides is 1. The van der Waals surface area contributed by atoms with Crippen LogP contribution in [0.4, 0.5) is 0 Å². The average molecular weight is 223 g/mol. The van der Waals surface area contributed by atoms with E-state index in [0.29, 0.717) is 17.4 Å². The number of piperazine rings is 1. The molecule has 2 rings (SSSR count). The molecule has 2 unspecified atom stereocenters. The van der Waals surface area contributed by atoms with Gasteiger partial charge in [0.15, 0.2) is 0 Å². The topological polar surface area (TPSA) is 58.4 Å². The van der Waals surface area contributed by atoms with Crippen LogP contribution in [0.3, 0.4) is 0 Å². The summed E-state index contributed by atoms with van der Waals surface area (Å²) < 4.78 is 4.93. The number of carbonyl (C=O) groups excluding carboxylic acids is 1. The maximum absolute atomic E-state index is 12.2. The van der Waals surface area contributed by atoms with Crippen LogP contribution in [0.15, 0.2) is 10.7 Å². The van der Waals surface area contributed by atoms with Crippen molar-refractivity contribution in [2.75, 3.05) is 13.1 Å². The molecule has 16 heavy (non-hydrogen) atoms. The summed E-state index contributed by atoms with van der Waals surface area (Å²) in [5.74, 6) is 0.600. The van der Waals surface area contributed by atoms with Crippen molar-refractivity contribution in [1.82, 2.24) is 15.4 Å². The predicted octanol–water partition coefficient (Wildman–Crippen LogP) is 0.805. The van der Waals surface area contributed by atoms with Gasteiger partial charge in [0.25, 0.3) is 5.91 Å². The molecule has 1 amide bonds. The summed E-state index contributed by atoms with van der Waals surface area (Å²) in [6, 6.07) is 0.540. The maximum atomic E-state index is 12.2. The van der Waals surface area contributed by atoms with Crippen LogP contribution in [0.2, 0.25) is 0 Å². The average Bonchev–Trinajstić information content (AvgIpc) is 2.67. The Balaban J connectivity index is 2.18. The molecule has 1 aromatic heterocycles. The molecule has 1 aliphatic rings. The Morgan fingerprint density at radius 2 is 2.38 bits per heavy atom. The van der Waals surface area contributed by atoms with Crippen molar-refractivity contribution >= 4 is 5.91 Å². The van der Waals surface area contributed by atoms with Crippen molar-refractivity contribution in [1.29, 1.82) is 0 Å². The molecule has 2 atom stereocenters. The second kappa shape index (κ2) is 4.25. The first-order valence-corrected chi connectivity index (χ1v) is 5.55. The van der Waals surface area contributed by atoms with Gasteiger partial charge in [-0.15, -0.1) is 0 Å². The van der Waals surface area contributed by atoms with Gasteiger partial charge in [-0.3, -0.25) is 4.79 Å². The van der Waals surface area contributed by atoms with E-state index in [-0.39, 0.29) is 11.9 Å². The van der Waals surface area contributed by atoms with Crippen molar-refractivity contribution in [3.63, 3.8) is 0 Å². The van der Waals surface area contributed by atoms with Crippen LogP contribution in [0, 0.1) is 6.92 Å². The fourth-order valence-corrected chi connectivity index (χ4v) is 1.96. The van der Waals surface area contributed by atoms with E-state index in [0.717, 1.165) is 13.1 Å². The minimum Gasteiger partial charge on any atom is -0.361 e. The minimum atomic E-state index is 0.0135. The lowest BCUT2D eigenvalue weighted by Crippen LogP contribution is -2.56. The minimum absolute atomic E-state index is 0.0135. The van der Waals surface area contributed by atoms with Crippen LogP contribution >= 0.6 is 0 Å². The van der Waals surface area contributed by atoms with E-state index in [4.69, 9.17) is 4.52 Å². The Kier molecular flexibility index (Phi) is 2.96. The zero-order chi connectivity index (χ0) is 11.7. The second-order valence-electron chi connectivity index (χ2n) is 4.41. The lowest BCUT2D eigenvalue weighted by molar-refractivity contribution is 0.0614. The second-order valence-corrected chi connectivity index (χ2v) is 4.41. The van der Waals surface area contributed by atoms with Gasteiger partial charge >= 0.3 is 0 Å². The van der Waals surface area contributed by atoms with Crippen molar-refractivity contribution in [2.24, 2.45) is 0 Å². The third-order valence-corrected chi connectivity index (χ3v) is 3.01. The van der Waals surface area contributed by atoms with Crippen LogP contribution in [-0.2, 0) is 0 Å². The van der Waals surface area contributed by atoms with Crippen molar-refractivity contribution in [3.05, 3.63) is 17.5 Å². The van der Waals surface area contributed by atoms with E-state index in [1.807, 2.05) is 11.8 Å². The Morgan fingerprint density at radius 1 is 1.62 bits per heavy atom. The first kappa shape index (κ1) is 11.1. The predicted molar refractivity (Wildman–Crippen MR) is 59.2 cm³/mol. The Labute approximate surface area is 94.8 Å². The number of nitrogens with one attached hydrogen (secondary N) is 1.